The third-order valence-corrected chi connectivity index (χ3v) is 4.45. The number of hydrogen-bond donors (Lipinski definition) is 1. The predicted octanol–water partition coefficient (Wildman–Crippen LogP) is 2.28. The van der Waals surface area contributed by atoms with Crippen LogP contribution < -0.4 is 5.73 Å². The van der Waals surface area contributed by atoms with Crippen LogP contribution in [0.2, 0.25) is 0 Å². The normalized spacial score (nSPS) is 35.4. The summed E-state index contributed by atoms with van der Waals surface area (Å²) in [5.41, 5.74) is 5.73. The zero-order valence-corrected chi connectivity index (χ0v) is 13.2. The molecule has 0 bridgehead atoms. The van der Waals surface area contributed by atoms with Gasteiger partial charge in [0.2, 0.25) is 0 Å². The first kappa shape index (κ1) is 15.9. The van der Waals surface area contributed by atoms with Gasteiger partial charge in [0, 0.05) is 5.54 Å². The molecule has 1 rings (SSSR count). The lowest BCUT2D eigenvalue weighted by atomic mass is 9.56. The summed E-state index contributed by atoms with van der Waals surface area (Å²) in [6.45, 7) is 10.4. The summed E-state index contributed by atoms with van der Waals surface area (Å²) in [5, 5.41) is 0. The van der Waals surface area contributed by atoms with E-state index in [1.54, 1.807) is 0 Å². The van der Waals surface area contributed by atoms with Crippen molar-refractivity contribution in [3.63, 3.8) is 0 Å². The van der Waals surface area contributed by atoms with Crippen LogP contribution in [-0.4, -0.2) is 26.3 Å². The van der Waals surface area contributed by atoms with Gasteiger partial charge in [0.25, 0.3) is 10.1 Å². The molecule has 0 aromatic heterocycles. The highest BCUT2D eigenvalue weighted by atomic mass is 32.2. The molecule has 0 aliphatic heterocycles. The minimum Gasteiger partial charge on any atom is -0.323 e. The maximum atomic E-state index is 11.5. The molecule has 2 unspecified atom stereocenters. The van der Waals surface area contributed by atoms with Gasteiger partial charge >= 0.3 is 0 Å². The fourth-order valence-electron chi connectivity index (χ4n) is 3.86. The van der Waals surface area contributed by atoms with Crippen molar-refractivity contribution < 1.29 is 12.6 Å². The lowest BCUT2D eigenvalue weighted by molar-refractivity contribution is -0.0722. The topological polar surface area (TPSA) is 69.4 Å². The van der Waals surface area contributed by atoms with Gasteiger partial charge < -0.3 is 5.73 Å². The molecule has 0 heterocycles. The molecular weight excluding hydrogens is 250 g/mol. The fraction of sp³-hybridized carbons (Fsp3) is 1.00. The molecule has 0 spiro atoms. The van der Waals surface area contributed by atoms with Gasteiger partial charge in [-0.1, -0.05) is 34.6 Å². The van der Waals surface area contributed by atoms with Crippen LogP contribution in [0.15, 0.2) is 0 Å². The zero-order valence-electron chi connectivity index (χ0n) is 12.4. The van der Waals surface area contributed by atoms with E-state index in [9.17, 15) is 8.42 Å². The summed E-state index contributed by atoms with van der Waals surface area (Å²) in [4.78, 5) is 0. The largest absolute Gasteiger partial charge is 0.323 e. The molecule has 0 radical (unpaired) electrons. The average Bonchev–Trinajstić information content (AvgIpc) is 2.08. The summed E-state index contributed by atoms with van der Waals surface area (Å²) in [5.74, 6) is 0. The van der Waals surface area contributed by atoms with Gasteiger partial charge in [-0.05, 0) is 30.1 Å². The molecule has 4 nitrogen and oxygen atoms in total. The minimum atomic E-state index is -3.49. The molecular formula is C13H27NO3S. The molecule has 0 aromatic rings. The molecule has 0 saturated heterocycles. The first-order chi connectivity index (χ1) is 7.81. The summed E-state index contributed by atoms with van der Waals surface area (Å²) in [7, 11) is -3.49. The van der Waals surface area contributed by atoms with Crippen LogP contribution in [0.4, 0.5) is 0 Å². The van der Waals surface area contributed by atoms with E-state index in [2.05, 4.69) is 13.8 Å². The second kappa shape index (κ2) is 4.46. The van der Waals surface area contributed by atoms with Crippen molar-refractivity contribution in [1.29, 1.82) is 0 Å². The van der Waals surface area contributed by atoms with E-state index in [1.165, 1.54) is 0 Å². The maximum absolute atomic E-state index is 11.5. The van der Waals surface area contributed by atoms with E-state index in [-0.39, 0.29) is 10.8 Å². The minimum absolute atomic E-state index is 0.103. The Kier molecular flexibility index (Phi) is 3.94. The van der Waals surface area contributed by atoms with Crippen LogP contribution in [0.1, 0.15) is 53.9 Å². The number of hydrogen-bond acceptors (Lipinski definition) is 4. The van der Waals surface area contributed by atoms with Gasteiger partial charge in [0.05, 0.1) is 6.26 Å². The van der Waals surface area contributed by atoms with Gasteiger partial charge in [0.1, 0.15) is 6.10 Å². The maximum Gasteiger partial charge on any atom is 0.264 e. The lowest BCUT2D eigenvalue weighted by Crippen LogP contribution is -2.64. The molecule has 0 aromatic carbocycles. The van der Waals surface area contributed by atoms with Gasteiger partial charge in [-0.25, -0.2) is 0 Å². The third kappa shape index (κ3) is 3.45. The standard InChI is InChI=1S/C13H27NO3S/c1-7-13(14)9-11(2,3)8-12(4,5)10(13)17-18(6,15)16/h10H,7-9,14H2,1-6H3. The van der Waals surface area contributed by atoms with E-state index in [1.807, 2.05) is 20.8 Å². The molecule has 1 aliphatic carbocycles. The molecule has 2 N–H and O–H groups in total. The third-order valence-electron chi connectivity index (χ3n) is 3.90. The van der Waals surface area contributed by atoms with Crippen molar-refractivity contribution in [3.8, 4) is 0 Å². The van der Waals surface area contributed by atoms with Crippen molar-refractivity contribution in [2.75, 3.05) is 6.26 Å². The Morgan fingerprint density at radius 3 is 2.11 bits per heavy atom. The van der Waals surface area contributed by atoms with Gasteiger partial charge in [-0.15, -0.1) is 0 Å². The first-order valence-corrected chi connectivity index (χ1v) is 8.30. The Morgan fingerprint density at radius 2 is 1.72 bits per heavy atom. The smallest absolute Gasteiger partial charge is 0.264 e. The van der Waals surface area contributed by atoms with Crippen molar-refractivity contribution in [2.45, 2.75) is 65.5 Å². The lowest BCUT2D eigenvalue weighted by Gasteiger charge is -2.55. The van der Waals surface area contributed by atoms with Crippen LogP contribution >= 0.6 is 0 Å². The Balaban J connectivity index is 3.18. The van der Waals surface area contributed by atoms with E-state index < -0.39 is 21.8 Å². The Labute approximate surface area is 111 Å². The number of rotatable bonds is 3. The summed E-state index contributed by atoms with van der Waals surface area (Å²) < 4.78 is 28.3. The van der Waals surface area contributed by atoms with Crippen LogP contribution in [0, 0.1) is 10.8 Å². The summed E-state index contributed by atoms with van der Waals surface area (Å²) in [6, 6.07) is 0. The van der Waals surface area contributed by atoms with Crippen molar-refractivity contribution >= 4 is 10.1 Å². The van der Waals surface area contributed by atoms with Crippen molar-refractivity contribution in [2.24, 2.45) is 16.6 Å². The van der Waals surface area contributed by atoms with E-state index in [4.69, 9.17) is 9.92 Å². The molecule has 1 aliphatic rings. The van der Waals surface area contributed by atoms with Crippen LogP contribution in [0.3, 0.4) is 0 Å². The predicted molar refractivity (Wildman–Crippen MR) is 73.7 cm³/mol. The molecule has 18 heavy (non-hydrogen) atoms. The second-order valence-corrected chi connectivity index (χ2v) is 8.87. The molecule has 1 fully saturated rings. The van der Waals surface area contributed by atoms with Gasteiger partial charge in [0.15, 0.2) is 0 Å². The highest BCUT2D eigenvalue weighted by Crippen LogP contribution is 2.51. The molecule has 2 atom stereocenters. The summed E-state index contributed by atoms with van der Waals surface area (Å²) >= 11 is 0. The Hall–Kier alpha value is -0.130. The first-order valence-electron chi connectivity index (χ1n) is 6.48. The summed E-state index contributed by atoms with van der Waals surface area (Å²) in [6.07, 6.45) is 3.02. The average molecular weight is 277 g/mol. The molecule has 5 heteroatoms. The number of nitrogens with two attached hydrogens (primary N) is 1. The highest BCUT2D eigenvalue weighted by molar-refractivity contribution is 7.86. The van der Waals surface area contributed by atoms with E-state index in [0.29, 0.717) is 6.42 Å². The molecule has 108 valence electrons. The Morgan fingerprint density at radius 1 is 1.22 bits per heavy atom. The zero-order chi connectivity index (χ0) is 14.4. The van der Waals surface area contributed by atoms with Gasteiger partial charge in [-0.3, -0.25) is 4.18 Å². The fourth-order valence-corrected chi connectivity index (χ4v) is 4.66. The van der Waals surface area contributed by atoms with Crippen LogP contribution in [-0.2, 0) is 14.3 Å². The SMILES string of the molecule is CCC1(N)CC(C)(C)CC(C)(C)C1OS(C)(=O)=O. The van der Waals surface area contributed by atoms with Crippen molar-refractivity contribution in [1.82, 2.24) is 0 Å². The molecule has 0 amide bonds. The Bertz CT molecular complexity index is 414. The van der Waals surface area contributed by atoms with Gasteiger partial charge in [-0.2, -0.15) is 8.42 Å². The second-order valence-electron chi connectivity index (χ2n) is 7.27. The monoisotopic (exact) mass is 277 g/mol. The quantitative estimate of drug-likeness (QED) is 0.804. The highest BCUT2D eigenvalue weighted by Gasteiger charge is 2.54. The van der Waals surface area contributed by atoms with Crippen LogP contribution in [0.25, 0.3) is 0 Å². The molecule has 1 saturated carbocycles. The van der Waals surface area contributed by atoms with E-state index >= 15 is 0 Å². The van der Waals surface area contributed by atoms with Crippen LogP contribution in [0.5, 0.6) is 0 Å². The van der Waals surface area contributed by atoms with E-state index in [0.717, 1.165) is 19.1 Å². The van der Waals surface area contributed by atoms with Crippen molar-refractivity contribution in [3.05, 3.63) is 0 Å².